The third kappa shape index (κ3) is 5.74. The SMILES string of the molecule is CCOC(C=NO)OC.[SiH4]. The molecule has 0 fully saturated rings. The molecule has 0 radical (unpaired) electrons. The molecule has 0 aliphatic rings. The largest absolute Gasteiger partial charge is 0.411 e. The molecule has 0 rings (SSSR count). The fraction of sp³-hybridized carbons (Fsp3) is 0.800. The Morgan fingerprint density at radius 2 is 2.30 bits per heavy atom. The van der Waals surface area contributed by atoms with Crippen LogP contribution in [0.4, 0.5) is 0 Å². The van der Waals surface area contributed by atoms with E-state index < -0.39 is 6.29 Å². The van der Waals surface area contributed by atoms with Crippen molar-refractivity contribution in [3.05, 3.63) is 0 Å². The van der Waals surface area contributed by atoms with Crippen molar-refractivity contribution < 1.29 is 14.7 Å². The number of hydrogen-bond acceptors (Lipinski definition) is 4. The summed E-state index contributed by atoms with van der Waals surface area (Å²) in [4.78, 5) is 0. The van der Waals surface area contributed by atoms with Gasteiger partial charge in [-0.1, -0.05) is 5.16 Å². The van der Waals surface area contributed by atoms with Gasteiger partial charge in [0.05, 0.1) is 6.21 Å². The number of nitrogens with zero attached hydrogens (tertiary/aromatic N) is 1. The summed E-state index contributed by atoms with van der Waals surface area (Å²) in [5, 5.41) is 10.8. The Hall–Kier alpha value is -0.393. The fourth-order valence-corrected chi connectivity index (χ4v) is 0.391. The van der Waals surface area contributed by atoms with Gasteiger partial charge in [0.2, 0.25) is 0 Å². The molecule has 0 amide bonds. The first-order valence-corrected chi connectivity index (χ1v) is 2.67. The summed E-state index contributed by atoms with van der Waals surface area (Å²) in [5.74, 6) is 0. The highest BCUT2D eigenvalue weighted by Gasteiger charge is 1.99. The summed E-state index contributed by atoms with van der Waals surface area (Å²) >= 11 is 0. The van der Waals surface area contributed by atoms with E-state index >= 15 is 0 Å². The molecule has 1 N–H and O–H groups in total. The highest BCUT2D eigenvalue weighted by Crippen LogP contribution is 1.87. The third-order valence-electron chi connectivity index (χ3n) is 0.752. The van der Waals surface area contributed by atoms with E-state index in [1.54, 1.807) is 0 Å². The van der Waals surface area contributed by atoms with Crippen molar-refractivity contribution in [1.82, 2.24) is 0 Å². The average Bonchev–Trinajstić information content (AvgIpc) is 1.88. The molecule has 1 unspecified atom stereocenters. The molecular weight excluding hydrogens is 150 g/mol. The molecule has 0 spiro atoms. The first kappa shape index (κ1) is 12.3. The maximum absolute atomic E-state index is 8.00. The van der Waals surface area contributed by atoms with Crippen LogP contribution >= 0.6 is 0 Å². The Kier molecular flexibility index (Phi) is 10.6. The third-order valence-corrected chi connectivity index (χ3v) is 0.752. The van der Waals surface area contributed by atoms with Crippen LogP contribution in [-0.4, -0.2) is 42.4 Å². The van der Waals surface area contributed by atoms with Crippen LogP contribution in [0.25, 0.3) is 0 Å². The predicted molar refractivity (Wildman–Crippen MR) is 44.0 cm³/mol. The molecule has 0 saturated carbocycles. The molecule has 0 aromatic rings. The second-order valence-electron chi connectivity index (χ2n) is 1.32. The smallest absolute Gasteiger partial charge is 0.197 e. The average molecular weight is 165 g/mol. The van der Waals surface area contributed by atoms with Crippen LogP contribution in [0.2, 0.25) is 0 Å². The predicted octanol–water partition coefficient (Wildman–Crippen LogP) is -0.996. The molecule has 0 heterocycles. The Morgan fingerprint density at radius 3 is 2.60 bits per heavy atom. The molecule has 5 heteroatoms. The summed E-state index contributed by atoms with van der Waals surface area (Å²) in [5.41, 5.74) is 0. The lowest BCUT2D eigenvalue weighted by atomic mass is 10.7. The van der Waals surface area contributed by atoms with Gasteiger partial charge in [-0.15, -0.1) is 0 Å². The van der Waals surface area contributed by atoms with Gasteiger partial charge in [-0.3, -0.25) is 0 Å². The van der Waals surface area contributed by atoms with Gasteiger partial charge in [0, 0.05) is 13.7 Å². The van der Waals surface area contributed by atoms with E-state index in [-0.39, 0.29) is 11.0 Å². The van der Waals surface area contributed by atoms with Gasteiger partial charge in [-0.2, -0.15) is 0 Å². The molecule has 0 saturated heterocycles. The first-order chi connectivity index (χ1) is 4.35. The van der Waals surface area contributed by atoms with Crippen LogP contribution in [0.3, 0.4) is 0 Å². The molecule has 4 nitrogen and oxygen atoms in total. The van der Waals surface area contributed by atoms with Crippen molar-refractivity contribution in [1.29, 1.82) is 0 Å². The van der Waals surface area contributed by atoms with E-state index in [9.17, 15) is 0 Å². The van der Waals surface area contributed by atoms with Crippen LogP contribution in [0.15, 0.2) is 5.16 Å². The molecule has 0 aliphatic heterocycles. The Bertz CT molecular complexity index is 89.0. The maximum atomic E-state index is 8.00. The zero-order chi connectivity index (χ0) is 7.11. The summed E-state index contributed by atoms with van der Waals surface area (Å²) in [6, 6.07) is 0. The van der Waals surface area contributed by atoms with Crippen LogP contribution in [-0.2, 0) is 9.47 Å². The zero-order valence-electron chi connectivity index (χ0n) is 5.57. The standard InChI is InChI=1S/C5H11NO3.H4Si/c1-3-9-5(8-2)4-6-7;/h4-5,7H,3H2,1-2H3;1H4. The lowest BCUT2D eigenvalue weighted by Crippen LogP contribution is -2.16. The quantitative estimate of drug-likeness (QED) is 0.191. The summed E-state index contributed by atoms with van der Waals surface area (Å²) < 4.78 is 9.60. The molecule has 1 atom stereocenters. The minimum absolute atomic E-state index is 0. The molecule has 0 bridgehead atoms. The lowest BCUT2D eigenvalue weighted by Gasteiger charge is -2.07. The lowest BCUT2D eigenvalue weighted by molar-refractivity contribution is -0.0698. The molecule has 0 aromatic heterocycles. The summed E-state index contributed by atoms with van der Waals surface area (Å²) in [7, 11) is 1.47. The van der Waals surface area contributed by atoms with Crippen LogP contribution in [0.1, 0.15) is 6.92 Å². The fourth-order valence-electron chi connectivity index (χ4n) is 0.391. The van der Waals surface area contributed by atoms with Crippen molar-refractivity contribution >= 4 is 17.2 Å². The van der Waals surface area contributed by atoms with Crippen molar-refractivity contribution in [2.24, 2.45) is 5.16 Å². The highest BCUT2D eigenvalue weighted by atomic mass is 28.1. The molecule has 62 valence electrons. The number of ether oxygens (including phenoxy) is 2. The zero-order valence-corrected chi connectivity index (χ0v) is 5.57. The van der Waals surface area contributed by atoms with Crippen LogP contribution < -0.4 is 0 Å². The normalized spacial score (nSPS) is 13.0. The Morgan fingerprint density at radius 1 is 1.70 bits per heavy atom. The summed E-state index contributed by atoms with van der Waals surface area (Å²) in [6.07, 6.45) is 0.642. The van der Waals surface area contributed by atoms with Crippen LogP contribution in [0.5, 0.6) is 0 Å². The Labute approximate surface area is 64.8 Å². The Balaban J connectivity index is 0. The van der Waals surface area contributed by atoms with E-state index in [0.717, 1.165) is 0 Å². The van der Waals surface area contributed by atoms with E-state index in [4.69, 9.17) is 14.7 Å². The van der Waals surface area contributed by atoms with Gasteiger partial charge < -0.3 is 14.7 Å². The summed E-state index contributed by atoms with van der Waals surface area (Å²) in [6.45, 7) is 2.36. The molecule has 0 aliphatic carbocycles. The minimum atomic E-state index is -0.528. The van der Waals surface area contributed by atoms with Crippen molar-refractivity contribution in [2.75, 3.05) is 13.7 Å². The number of methoxy groups -OCH3 is 1. The monoisotopic (exact) mass is 165 g/mol. The first-order valence-electron chi connectivity index (χ1n) is 2.67. The number of rotatable bonds is 4. The molecule has 0 aromatic carbocycles. The second-order valence-corrected chi connectivity index (χ2v) is 1.32. The van der Waals surface area contributed by atoms with Crippen molar-refractivity contribution in [2.45, 2.75) is 13.2 Å². The van der Waals surface area contributed by atoms with E-state index in [0.29, 0.717) is 6.61 Å². The van der Waals surface area contributed by atoms with E-state index in [2.05, 4.69) is 5.16 Å². The van der Waals surface area contributed by atoms with Gasteiger partial charge in [-0.25, -0.2) is 0 Å². The van der Waals surface area contributed by atoms with Crippen molar-refractivity contribution in [3.63, 3.8) is 0 Å². The van der Waals surface area contributed by atoms with Gasteiger partial charge >= 0.3 is 0 Å². The highest BCUT2D eigenvalue weighted by molar-refractivity contribution is 5.75. The van der Waals surface area contributed by atoms with Crippen LogP contribution in [0, 0.1) is 0 Å². The van der Waals surface area contributed by atoms with Gasteiger partial charge in [0.1, 0.15) is 0 Å². The van der Waals surface area contributed by atoms with E-state index in [1.807, 2.05) is 6.92 Å². The number of hydrogen-bond donors (Lipinski definition) is 1. The second kappa shape index (κ2) is 8.61. The molecule has 10 heavy (non-hydrogen) atoms. The molecular formula is C5H15NO3Si. The minimum Gasteiger partial charge on any atom is -0.411 e. The number of oxime groups is 1. The van der Waals surface area contributed by atoms with E-state index in [1.165, 1.54) is 13.3 Å². The van der Waals surface area contributed by atoms with Gasteiger partial charge in [0.15, 0.2) is 6.29 Å². The maximum Gasteiger partial charge on any atom is 0.197 e. The van der Waals surface area contributed by atoms with Gasteiger partial charge in [-0.05, 0) is 17.9 Å². The topological polar surface area (TPSA) is 51.0 Å². The van der Waals surface area contributed by atoms with Gasteiger partial charge in [0.25, 0.3) is 0 Å². The van der Waals surface area contributed by atoms with Crippen molar-refractivity contribution in [3.8, 4) is 0 Å².